The smallest absolute Gasteiger partial charge is 0.263 e. The Balaban J connectivity index is 1.83. The quantitative estimate of drug-likeness (QED) is 0.471. The standard InChI is InChI=1S/C24H25ClN2O5S2/c1-15-5-6-16(2)22(13-15)27-34(31,32)23-14-19(9-12-21(23)25)24(28)26-17(3)18-7-10-20(11-8-18)33(4,29)30/h5-14,17,27H,1-4H3,(H,26,28)/t17-/m1/s1. The summed E-state index contributed by atoms with van der Waals surface area (Å²) in [4.78, 5) is 12.8. The van der Waals surface area contributed by atoms with E-state index in [0.29, 0.717) is 11.3 Å². The van der Waals surface area contributed by atoms with E-state index in [0.717, 1.165) is 17.4 Å². The van der Waals surface area contributed by atoms with Gasteiger partial charge >= 0.3 is 0 Å². The van der Waals surface area contributed by atoms with Gasteiger partial charge in [-0.25, -0.2) is 16.8 Å². The van der Waals surface area contributed by atoms with Crippen molar-refractivity contribution in [1.82, 2.24) is 5.32 Å². The number of anilines is 1. The molecule has 3 aromatic carbocycles. The van der Waals surface area contributed by atoms with E-state index in [1.165, 1.54) is 30.3 Å². The van der Waals surface area contributed by atoms with Crippen molar-refractivity contribution in [2.45, 2.75) is 36.6 Å². The average Bonchev–Trinajstić information content (AvgIpc) is 2.75. The van der Waals surface area contributed by atoms with Crippen LogP contribution in [0, 0.1) is 13.8 Å². The first kappa shape index (κ1) is 25.7. The zero-order valence-corrected chi connectivity index (χ0v) is 21.5. The number of carbonyl (C=O) groups is 1. The van der Waals surface area contributed by atoms with Gasteiger partial charge in [0.15, 0.2) is 9.84 Å². The van der Waals surface area contributed by atoms with Gasteiger partial charge in [-0.05, 0) is 73.9 Å². The third-order valence-electron chi connectivity index (χ3n) is 5.28. The molecule has 3 rings (SSSR count). The van der Waals surface area contributed by atoms with Crippen molar-refractivity contribution in [3.8, 4) is 0 Å². The molecule has 0 fully saturated rings. The van der Waals surface area contributed by atoms with Crippen LogP contribution in [0.1, 0.15) is 40.0 Å². The summed E-state index contributed by atoms with van der Waals surface area (Å²) in [5, 5.41) is 2.77. The molecule has 0 aliphatic rings. The maximum Gasteiger partial charge on any atom is 0.263 e. The van der Waals surface area contributed by atoms with E-state index in [2.05, 4.69) is 10.0 Å². The molecule has 1 amide bonds. The Bertz CT molecular complexity index is 1450. The second kappa shape index (κ2) is 9.77. The van der Waals surface area contributed by atoms with Gasteiger partial charge in [-0.3, -0.25) is 9.52 Å². The minimum atomic E-state index is -4.06. The second-order valence-corrected chi connectivity index (χ2v) is 12.2. The van der Waals surface area contributed by atoms with Crippen LogP contribution in [-0.4, -0.2) is 29.0 Å². The number of benzene rings is 3. The first-order valence-electron chi connectivity index (χ1n) is 10.3. The lowest BCUT2D eigenvalue weighted by Crippen LogP contribution is -2.27. The zero-order chi connectivity index (χ0) is 25.3. The van der Waals surface area contributed by atoms with Crippen LogP contribution in [0.3, 0.4) is 0 Å². The van der Waals surface area contributed by atoms with Crippen molar-refractivity contribution in [2.24, 2.45) is 0 Å². The molecule has 1 atom stereocenters. The van der Waals surface area contributed by atoms with Crippen LogP contribution in [0.15, 0.2) is 70.5 Å². The van der Waals surface area contributed by atoms with Crippen LogP contribution in [0.2, 0.25) is 5.02 Å². The molecule has 0 heterocycles. The van der Waals surface area contributed by atoms with E-state index in [4.69, 9.17) is 11.6 Å². The van der Waals surface area contributed by atoms with Gasteiger partial charge in [-0.2, -0.15) is 0 Å². The maximum atomic E-state index is 13.0. The van der Waals surface area contributed by atoms with Crippen LogP contribution in [0.5, 0.6) is 0 Å². The number of hydrogen-bond donors (Lipinski definition) is 2. The topological polar surface area (TPSA) is 109 Å². The minimum Gasteiger partial charge on any atom is -0.346 e. The van der Waals surface area contributed by atoms with Gasteiger partial charge < -0.3 is 5.32 Å². The number of sulfonamides is 1. The fraction of sp³-hybridized carbons (Fsp3) is 0.208. The van der Waals surface area contributed by atoms with Gasteiger partial charge in [0.25, 0.3) is 15.9 Å². The fourth-order valence-corrected chi connectivity index (χ4v) is 5.54. The van der Waals surface area contributed by atoms with Gasteiger partial charge in [0.2, 0.25) is 0 Å². The van der Waals surface area contributed by atoms with Crippen LogP contribution in [0.4, 0.5) is 5.69 Å². The third-order valence-corrected chi connectivity index (χ3v) is 8.25. The largest absolute Gasteiger partial charge is 0.346 e. The van der Waals surface area contributed by atoms with E-state index < -0.39 is 31.8 Å². The van der Waals surface area contributed by atoms with Crippen molar-refractivity contribution in [3.05, 3.63) is 87.9 Å². The number of amides is 1. The third kappa shape index (κ3) is 5.97. The lowest BCUT2D eigenvalue weighted by Gasteiger charge is -2.16. The molecule has 0 aliphatic heterocycles. The summed E-state index contributed by atoms with van der Waals surface area (Å²) in [6.45, 7) is 5.38. The molecular formula is C24H25ClN2O5S2. The minimum absolute atomic E-state index is 0.0150. The number of aryl methyl sites for hydroxylation is 2. The summed E-state index contributed by atoms with van der Waals surface area (Å²) < 4.78 is 51.9. The Morgan fingerprint density at radius 1 is 0.912 bits per heavy atom. The molecule has 10 heteroatoms. The second-order valence-electron chi connectivity index (χ2n) is 8.11. The summed E-state index contributed by atoms with van der Waals surface area (Å²) >= 11 is 6.18. The summed E-state index contributed by atoms with van der Waals surface area (Å²) in [5.41, 5.74) is 2.87. The molecule has 7 nitrogen and oxygen atoms in total. The monoisotopic (exact) mass is 520 g/mol. The number of carbonyl (C=O) groups excluding carboxylic acids is 1. The average molecular weight is 521 g/mol. The normalized spacial score (nSPS) is 12.7. The highest BCUT2D eigenvalue weighted by Gasteiger charge is 2.22. The van der Waals surface area contributed by atoms with Crippen molar-refractivity contribution >= 4 is 43.1 Å². The number of nitrogens with one attached hydrogen (secondary N) is 2. The van der Waals surface area contributed by atoms with E-state index in [-0.39, 0.29) is 20.4 Å². The Hall–Kier alpha value is -2.88. The van der Waals surface area contributed by atoms with Gasteiger partial charge in [-0.1, -0.05) is 35.9 Å². The number of sulfone groups is 1. The predicted molar refractivity (Wildman–Crippen MR) is 134 cm³/mol. The Morgan fingerprint density at radius 3 is 2.18 bits per heavy atom. The highest BCUT2D eigenvalue weighted by molar-refractivity contribution is 7.92. The first-order chi connectivity index (χ1) is 15.8. The molecule has 2 N–H and O–H groups in total. The molecule has 0 spiro atoms. The molecule has 0 aromatic heterocycles. The van der Waals surface area contributed by atoms with E-state index in [9.17, 15) is 21.6 Å². The molecular weight excluding hydrogens is 496 g/mol. The highest BCUT2D eigenvalue weighted by atomic mass is 35.5. The van der Waals surface area contributed by atoms with Gasteiger partial charge in [0, 0.05) is 11.8 Å². The van der Waals surface area contributed by atoms with Crippen LogP contribution in [-0.2, 0) is 19.9 Å². The summed E-state index contributed by atoms with van der Waals surface area (Å²) in [6, 6.07) is 15.2. The van der Waals surface area contributed by atoms with Crippen molar-refractivity contribution in [2.75, 3.05) is 11.0 Å². The van der Waals surface area contributed by atoms with Crippen molar-refractivity contribution < 1.29 is 21.6 Å². The van der Waals surface area contributed by atoms with E-state index in [1.807, 2.05) is 19.1 Å². The van der Waals surface area contributed by atoms with Crippen molar-refractivity contribution in [3.63, 3.8) is 0 Å². The van der Waals surface area contributed by atoms with Gasteiger partial charge in [0.1, 0.15) is 4.90 Å². The molecule has 3 aromatic rings. The lowest BCUT2D eigenvalue weighted by atomic mass is 10.1. The summed E-state index contributed by atoms with van der Waals surface area (Å²) in [5.74, 6) is -0.500. The first-order valence-corrected chi connectivity index (χ1v) is 14.0. The summed E-state index contributed by atoms with van der Waals surface area (Å²) in [6.07, 6.45) is 1.12. The predicted octanol–water partition coefficient (Wildman–Crippen LogP) is 4.65. The van der Waals surface area contributed by atoms with Crippen LogP contribution < -0.4 is 10.0 Å². The lowest BCUT2D eigenvalue weighted by molar-refractivity contribution is 0.0939. The molecule has 0 bridgehead atoms. The zero-order valence-electron chi connectivity index (χ0n) is 19.1. The molecule has 0 aliphatic carbocycles. The van der Waals surface area contributed by atoms with Crippen LogP contribution in [0.25, 0.3) is 0 Å². The van der Waals surface area contributed by atoms with E-state index >= 15 is 0 Å². The van der Waals surface area contributed by atoms with Gasteiger partial charge in [-0.15, -0.1) is 0 Å². The summed E-state index contributed by atoms with van der Waals surface area (Å²) in [7, 11) is -7.38. The van der Waals surface area contributed by atoms with Crippen molar-refractivity contribution in [1.29, 1.82) is 0 Å². The Labute approximate surface area is 205 Å². The van der Waals surface area contributed by atoms with Crippen LogP contribution >= 0.6 is 11.6 Å². The van der Waals surface area contributed by atoms with Gasteiger partial charge in [0.05, 0.1) is 21.6 Å². The Morgan fingerprint density at radius 2 is 1.56 bits per heavy atom. The Kier molecular flexibility index (Phi) is 7.40. The fourth-order valence-electron chi connectivity index (χ4n) is 3.26. The van der Waals surface area contributed by atoms with E-state index in [1.54, 1.807) is 32.0 Å². The number of halogens is 1. The molecule has 180 valence electrons. The SMILES string of the molecule is Cc1ccc(C)c(NS(=O)(=O)c2cc(C(=O)N[C@H](C)c3ccc(S(C)(=O)=O)cc3)ccc2Cl)c1. The maximum absolute atomic E-state index is 13.0. The molecule has 34 heavy (non-hydrogen) atoms. The molecule has 0 saturated carbocycles. The highest BCUT2D eigenvalue weighted by Crippen LogP contribution is 2.27. The molecule has 0 saturated heterocycles. The molecule has 0 radical (unpaired) electrons. The molecule has 0 unspecified atom stereocenters. The number of hydrogen-bond acceptors (Lipinski definition) is 5. The number of rotatable bonds is 7.